The Hall–Kier alpha value is -0.820. The summed E-state index contributed by atoms with van der Waals surface area (Å²) in [6.07, 6.45) is 1.11. The lowest BCUT2D eigenvalue weighted by Gasteiger charge is -2.19. The predicted molar refractivity (Wildman–Crippen MR) is 61.0 cm³/mol. The van der Waals surface area contributed by atoms with Crippen LogP contribution in [-0.2, 0) is 11.8 Å². The molecule has 0 saturated carbocycles. The molecule has 0 spiro atoms. The minimum atomic E-state index is 0.261. The molecule has 0 amide bonds. The summed E-state index contributed by atoms with van der Waals surface area (Å²) in [6, 6.07) is 8.92. The number of quaternary nitrogens is 1. The molecule has 1 aromatic rings. The maximum Gasteiger partial charge on any atom is 0.0556 e. The SMILES string of the molecule is [CH2-][NH2+]CCc1ccc(C(C)(C)C)cc1. The van der Waals surface area contributed by atoms with Gasteiger partial charge in [-0.2, -0.15) is 7.05 Å². The van der Waals surface area contributed by atoms with Crippen LogP contribution in [0, 0.1) is 7.05 Å². The van der Waals surface area contributed by atoms with Crippen molar-refractivity contribution >= 4 is 0 Å². The molecule has 0 atom stereocenters. The van der Waals surface area contributed by atoms with Crippen molar-refractivity contribution in [1.82, 2.24) is 0 Å². The van der Waals surface area contributed by atoms with E-state index in [0.717, 1.165) is 13.0 Å². The van der Waals surface area contributed by atoms with Gasteiger partial charge in [-0.3, -0.25) is 0 Å². The number of benzene rings is 1. The van der Waals surface area contributed by atoms with Gasteiger partial charge in [-0.05, 0) is 16.5 Å². The zero-order valence-corrected chi connectivity index (χ0v) is 9.51. The van der Waals surface area contributed by atoms with Gasteiger partial charge in [0.25, 0.3) is 0 Å². The van der Waals surface area contributed by atoms with E-state index < -0.39 is 0 Å². The van der Waals surface area contributed by atoms with Crippen molar-refractivity contribution in [1.29, 1.82) is 0 Å². The first-order valence-electron chi connectivity index (χ1n) is 5.24. The van der Waals surface area contributed by atoms with E-state index in [4.69, 9.17) is 0 Å². The fourth-order valence-corrected chi connectivity index (χ4v) is 1.44. The highest BCUT2D eigenvalue weighted by molar-refractivity contribution is 5.27. The number of nitrogens with two attached hydrogens (primary N) is 1. The third kappa shape index (κ3) is 3.15. The van der Waals surface area contributed by atoms with Gasteiger partial charge in [-0.1, -0.05) is 45.0 Å². The highest BCUT2D eigenvalue weighted by Gasteiger charge is 2.12. The molecule has 0 saturated heterocycles. The first-order valence-corrected chi connectivity index (χ1v) is 5.24. The van der Waals surface area contributed by atoms with E-state index >= 15 is 0 Å². The van der Waals surface area contributed by atoms with Gasteiger partial charge in [0.15, 0.2) is 0 Å². The summed E-state index contributed by atoms with van der Waals surface area (Å²) in [7, 11) is 3.73. The van der Waals surface area contributed by atoms with Gasteiger partial charge in [0.2, 0.25) is 0 Å². The van der Waals surface area contributed by atoms with Crippen LogP contribution in [0.15, 0.2) is 24.3 Å². The Bertz CT molecular complexity index is 266. The second-order valence-corrected chi connectivity index (χ2v) is 4.77. The largest absolute Gasteiger partial charge is 0.479 e. The Morgan fingerprint density at radius 1 is 1.14 bits per heavy atom. The lowest BCUT2D eigenvalue weighted by Crippen LogP contribution is -2.77. The molecule has 0 unspecified atom stereocenters. The summed E-state index contributed by atoms with van der Waals surface area (Å²) in [5.41, 5.74) is 3.06. The van der Waals surface area contributed by atoms with Gasteiger partial charge in [-0.25, -0.2) is 0 Å². The van der Waals surface area contributed by atoms with Crippen LogP contribution in [0.1, 0.15) is 31.9 Å². The van der Waals surface area contributed by atoms with Crippen molar-refractivity contribution in [2.24, 2.45) is 0 Å². The standard InChI is InChI=1S/C13H21N/c1-13(2,3)12-7-5-11(6-8-12)9-10-14-4/h5-8H,4,9-10,14H2,1-3H3. The van der Waals surface area contributed by atoms with Gasteiger partial charge >= 0.3 is 0 Å². The monoisotopic (exact) mass is 191 g/mol. The molecule has 1 heteroatoms. The van der Waals surface area contributed by atoms with Crippen LogP contribution >= 0.6 is 0 Å². The summed E-state index contributed by atoms with van der Waals surface area (Å²) >= 11 is 0. The Labute approximate surface area is 87.5 Å². The van der Waals surface area contributed by atoms with E-state index in [-0.39, 0.29) is 5.41 Å². The van der Waals surface area contributed by atoms with Gasteiger partial charge in [-0.15, -0.1) is 0 Å². The Balaban J connectivity index is 2.69. The first kappa shape index (κ1) is 11.3. The third-order valence-corrected chi connectivity index (χ3v) is 2.46. The summed E-state index contributed by atoms with van der Waals surface area (Å²) in [5.74, 6) is 0. The molecule has 14 heavy (non-hydrogen) atoms. The quantitative estimate of drug-likeness (QED) is 0.703. The van der Waals surface area contributed by atoms with Crippen molar-refractivity contribution < 1.29 is 5.32 Å². The maximum atomic E-state index is 3.73. The zero-order chi connectivity index (χ0) is 10.6. The predicted octanol–water partition coefficient (Wildman–Crippen LogP) is 1.88. The van der Waals surface area contributed by atoms with E-state index in [2.05, 4.69) is 52.1 Å². The van der Waals surface area contributed by atoms with E-state index in [1.807, 2.05) is 5.32 Å². The minimum Gasteiger partial charge on any atom is -0.479 e. The molecule has 2 N–H and O–H groups in total. The molecule has 0 radical (unpaired) electrons. The molecule has 0 bridgehead atoms. The Morgan fingerprint density at radius 2 is 1.71 bits per heavy atom. The van der Waals surface area contributed by atoms with Gasteiger partial charge < -0.3 is 5.32 Å². The second-order valence-electron chi connectivity index (χ2n) is 4.77. The zero-order valence-electron chi connectivity index (χ0n) is 9.51. The maximum absolute atomic E-state index is 3.73. The molecule has 0 aliphatic carbocycles. The van der Waals surface area contributed by atoms with E-state index in [1.165, 1.54) is 11.1 Å². The van der Waals surface area contributed by atoms with Gasteiger partial charge in [0.05, 0.1) is 6.54 Å². The summed E-state index contributed by atoms with van der Waals surface area (Å²) in [6.45, 7) is 7.79. The molecule has 0 aromatic heterocycles. The van der Waals surface area contributed by atoms with Crippen molar-refractivity contribution in [3.8, 4) is 0 Å². The Morgan fingerprint density at radius 3 is 2.14 bits per heavy atom. The van der Waals surface area contributed by atoms with E-state index in [9.17, 15) is 0 Å². The van der Waals surface area contributed by atoms with Gasteiger partial charge in [0.1, 0.15) is 0 Å². The summed E-state index contributed by atoms with van der Waals surface area (Å²) in [4.78, 5) is 0. The Kier molecular flexibility index (Phi) is 3.70. The van der Waals surface area contributed by atoms with Crippen molar-refractivity contribution in [3.05, 3.63) is 42.4 Å². The normalized spacial score (nSPS) is 11.7. The second kappa shape index (κ2) is 4.61. The molecule has 0 heterocycles. The summed E-state index contributed by atoms with van der Waals surface area (Å²) in [5, 5.41) is 1.97. The topological polar surface area (TPSA) is 16.6 Å². The van der Waals surface area contributed by atoms with Gasteiger partial charge in [0, 0.05) is 6.42 Å². The molecule has 78 valence electrons. The lowest BCUT2D eigenvalue weighted by atomic mass is 9.86. The number of rotatable bonds is 3. The van der Waals surface area contributed by atoms with Crippen molar-refractivity contribution in [2.75, 3.05) is 6.54 Å². The molecular formula is C13H21N. The van der Waals surface area contributed by atoms with Crippen LogP contribution in [0.25, 0.3) is 0 Å². The van der Waals surface area contributed by atoms with Crippen LogP contribution in [0.4, 0.5) is 0 Å². The van der Waals surface area contributed by atoms with Crippen LogP contribution in [0.5, 0.6) is 0 Å². The van der Waals surface area contributed by atoms with Crippen molar-refractivity contribution in [3.63, 3.8) is 0 Å². The first-order chi connectivity index (χ1) is 6.54. The molecule has 1 aromatic carbocycles. The fraction of sp³-hybridized carbons (Fsp3) is 0.462. The fourth-order valence-electron chi connectivity index (χ4n) is 1.44. The summed E-state index contributed by atoms with van der Waals surface area (Å²) < 4.78 is 0. The van der Waals surface area contributed by atoms with Crippen molar-refractivity contribution in [2.45, 2.75) is 32.6 Å². The molecule has 0 aliphatic rings. The molecule has 1 rings (SSSR count). The van der Waals surface area contributed by atoms with Crippen LogP contribution < -0.4 is 5.32 Å². The average molecular weight is 191 g/mol. The minimum absolute atomic E-state index is 0.261. The molecule has 1 nitrogen and oxygen atoms in total. The highest BCUT2D eigenvalue weighted by atomic mass is 14.8. The van der Waals surface area contributed by atoms with Crippen LogP contribution in [0.2, 0.25) is 0 Å². The van der Waals surface area contributed by atoms with E-state index in [0.29, 0.717) is 0 Å². The molecule has 0 aliphatic heterocycles. The third-order valence-electron chi connectivity index (χ3n) is 2.46. The average Bonchev–Trinajstić information content (AvgIpc) is 2.14. The van der Waals surface area contributed by atoms with E-state index in [1.54, 1.807) is 0 Å². The lowest BCUT2D eigenvalue weighted by molar-refractivity contribution is -0.594. The smallest absolute Gasteiger partial charge is 0.0556 e. The molecular weight excluding hydrogens is 170 g/mol. The molecule has 0 fully saturated rings. The highest BCUT2D eigenvalue weighted by Crippen LogP contribution is 2.22. The number of hydrogen-bond acceptors (Lipinski definition) is 0. The number of hydrogen-bond donors (Lipinski definition) is 1. The van der Waals surface area contributed by atoms with Crippen LogP contribution in [-0.4, -0.2) is 6.54 Å². The van der Waals surface area contributed by atoms with Crippen LogP contribution in [0.3, 0.4) is 0 Å².